The fourth-order valence-corrected chi connectivity index (χ4v) is 4.58. The Bertz CT molecular complexity index is 1520. The molecule has 3 aromatic rings. The summed E-state index contributed by atoms with van der Waals surface area (Å²) in [4.78, 5) is -0.685. The topological polar surface area (TPSA) is 210 Å². The smallest absolute Gasteiger partial charge is 0.296 e. The van der Waals surface area contributed by atoms with Gasteiger partial charge in [0.05, 0.1) is 40.0 Å². The number of nitrogens with two attached hydrogens (primary N) is 2. The first-order valence-electron chi connectivity index (χ1n) is 9.96. The highest BCUT2D eigenvalue weighted by Gasteiger charge is 2.22. The molecular formula is C21H22N6O6S2. The Morgan fingerprint density at radius 3 is 2.06 bits per heavy atom. The zero-order valence-corrected chi connectivity index (χ0v) is 20.0. The van der Waals surface area contributed by atoms with Crippen molar-refractivity contribution in [2.24, 2.45) is 20.5 Å². The molecule has 184 valence electrons. The molecule has 0 heterocycles. The third-order valence-corrected chi connectivity index (χ3v) is 7.40. The molecule has 0 bridgehead atoms. The second-order valence-electron chi connectivity index (χ2n) is 7.27. The molecule has 14 heteroatoms. The molecule has 0 aliphatic heterocycles. The first-order valence-corrected chi connectivity index (χ1v) is 13.1. The van der Waals surface area contributed by atoms with Crippen LogP contribution in [0.25, 0.3) is 0 Å². The van der Waals surface area contributed by atoms with E-state index in [-0.39, 0.29) is 27.6 Å². The summed E-state index contributed by atoms with van der Waals surface area (Å²) in [6.45, 7) is 1.29. The first kappa shape index (κ1) is 25.9. The average molecular weight is 519 g/mol. The molecule has 0 atom stereocenters. The van der Waals surface area contributed by atoms with E-state index in [1.807, 2.05) is 6.07 Å². The highest BCUT2D eigenvalue weighted by atomic mass is 32.2. The zero-order chi connectivity index (χ0) is 25.8. The summed E-state index contributed by atoms with van der Waals surface area (Å²) in [7, 11) is -8.41. The Labute approximate surface area is 201 Å². The van der Waals surface area contributed by atoms with Crippen LogP contribution in [0.15, 0.2) is 84.8 Å². The van der Waals surface area contributed by atoms with Crippen LogP contribution in [0.3, 0.4) is 0 Å². The Morgan fingerprint density at radius 2 is 1.46 bits per heavy atom. The van der Waals surface area contributed by atoms with E-state index in [9.17, 15) is 21.4 Å². The van der Waals surface area contributed by atoms with Crippen molar-refractivity contribution < 1.29 is 26.5 Å². The van der Waals surface area contributed by atoms with E-state index in [0.717, 1.165) is 11.6 Å². The number of aliphatic hydroxyl groups excluding tert-OH is 1. The quantitative estimate of drug-likeness (QED) is 0.194. The first-order chi connectivity index (χ1) is 16.4. The minimum atomic E-state index is -4.77. The Kier molecular flexibility index (Phi) is 7.60. The van der Waals surface area contributed by atoms with Crippen LogP contribution < -0.4 is 11.5 Å². The van der Waals surface area contributed by atoms with Gasteiger partial charge in [-0.3, -0.25) is 4.55 Å². The number of aliphatic hydroxyl groups is 1. The van der Waals surface area contributed by atoms with Gasteiger partial charge in [-0.2, -0.15) is 18.6 Å². The molecule has 0 aliphatic carbocycles. The van der Waals surface area contributed by atoms with Gasteiger partial charge in [0, 0.05) is 0 Å². The van der Waals surface area contributed by atoms with Crippen LogP contribution in [0.1, 0.15) is 5.56 Å². The molecule has 0 radical (unpaired) electrons. The molecule has 0 unspecified atom stereocenters. The number of aryl methyl sites for hydroxylation is 1. The third kappa shape index (κ3) is 6.05. The lowest BCUT2D eigenvalue weighted by atomic mass is 10.2. The summed E-state index contributed by atoms with van der Waals surface area (Å²) in [6.07, 6.45) is 0. The Hall–Kier alpha value is -3.72. The van der Waals surface area contributed by atoms with Gasteiger partial charge in [0.1, 0.15) is 16.3 Å². The van der Waals surface area contributed by atoms with E-state index in [1.54, 1.807) is 25.1 Å². The van der Waals surface area contributed by atoms with Crippen molar-refractivity contribution in [1.82, 2.24) is 0 Å². The molecule has 6 N–H and O–H groups in total. The van der Waals surface area contributed by atoms with Gasteiger partial charge in [0.2, 0.25) is 0 Å². The molecule has 0 spiro atoms. The number of hydrogen-bond acceptors (Lipinski definition) is 11. The molecule has 0 aromatic heterocycles. The molecular weight excluding hydrogens is 496 g/mol. The molecule has 0 saturated carbocycles. The Morgan fingerprint density at radius 1 is 0.829 bits per heavy atom. The van der Waals surface area contributed by atoms with Gasteiger partial charge < -0.3 is 16.6 Å². The number of rotatable bonds is 8. The predicted molar refractivity (Wildman–Crippen MR) is 130 cm³/mol. The SMILES string of the molecule is Cc1ccccc1/N=N/c1c(N)c(/N=N/c2ccc(S(=O)(=O)CCO)cc2)cc(S(=O)(=O)O)c1N. The molecule has 0 aliphatic rings. The van der Waals surface area contributed by atoms with Crippen LogP contribution in [-0.4, -0.2) is 38.9 Å². The second-order valence-corrected chi connectivity index (χ2v) is 10.8. The maximum atomic E-state index is 12.0. The van der Waals surface area contributed by atoms with Crippen molar-refractivity contribution >= 4 is 54.1 Å². The van der Waals surface area contributed by atoms with E-state index < -0.39 is 42.9 Å². The highest BCUT2D eigenvalue weighted by Crippen LogP contribution is 2.43. The van der Waals surface area contributed by atoms with Gasteiger partial charge in [-0.05, 0) is 48.9 Å². The molecule has 3 aromatic carbocycles. The number of nitrogen functional groups attached to an aromatic ring is 2. The monoisotopic (exact) mass is 518 g/mol. The van der Waals surface area contributed by atoms with Crippen LogP contribution in [0.5, 0.6) is 0 Å². The maximum absolute atomic E-state index is 12.0. The lowest BCUT2D eigenvalue weighted by Crippen LogP contribution is -2.09. The average Bonchev–Trinajstić information content (AvgIpc) is 2.79. The van der Waals surface area contributed by atoms with E-state index in [1.165, 1.54) is 24.3 Å². The molecule has 0 fully saturated rings. The van der Waals surface area contributed by atoms with Crippen LogP contribution >= 0.6 is 0 Å². The van der Waals surface area contributed by atoms with E-state index >= 15 is 0 Å². The number of nitrogens with zero attached hydrogens (tertiary/aromatic N) is 4. The fourth-order valence-electron chi connectivity index (χ4n) is 2.92. The van der Waals surface area contributed by atoms with Crippen molar-refractivity contribution in [2.75, 3.05) is 23.8 Å². The van der Waals surface area contributed by atoms with E-state index in [4.69, 9.17) is 16.6 Å². The van der Waals surface area contributed by atoms with Gasteiger partial charge in [0.25, 0.3) is 10.1 Å². The molecule has 3 rings (SSSR count). The summed E-state index contributed by atoms with van der Waals surface area (Å²) in [5, 5.41) is 24.8. The van der Waals surface area contributed by atoms with E-state index in [0.29, 0.717) is 5.69 Å². The largest absolute Gasteiger partial charge is 0.396 e. The Balaban J connectivity index is 2.04. The highest BCUT2D eigenvalue weighted by molar-refractivity contribution is 7.91. The zero-order valence-electron chi connectivity index (χ0n) is 18.4. The summed E-state index contributed by atoms with van der Waals surface area (Å²) in [6, 6.07) is 13.3. The number of hydrogen-bond donors (Lipinski definition) is 4. The number of sulfone groups is 1. The van der Waals surface area contributed by atoms with E-state index in [2.05, 4.69) is 20.5 Å². The molecule has 0 amide bonds. The third-order valence-electron chi connectivity index (χ3n) is 4.80. The lowest BCUT2D eigenvalue weighted by Gasteiger charge is -2.10. The van der Waals surface area contributed by atoms with Crippen LogP contribution in [0.4, 0.5) is 34.1 Å². The van der Waals surface area contributed by atoms with Gasteiger partial charge in [-0.15, -0.1) is 10.2 Å². The summed E-state index contributed by atoms with van der Waals surface area (Å²) in [5.41, 5.74) is 12.6. The second kappa shape index (κ2) is 10.3. The molecule has 35 heavy (non-hydrogen) atoms. The maximum Gasteiger partial charge on any atom is 0.296 e. The predicted octanol–water partition coefficient (Wildman–Crippen LogP) is 4.00. The normalized spacial score (nSPS) is 12.5. The van der Waals surface area contributed by atoms with Gasteiger partial charge >= 0.3 is 0 Å². The van der Waals surface area contributed by atoms with Crippen molar-refractivity contribution in [3.05, 3.63) is 60.2 Å². The van der Waals surface area contributed by atoms with Crippen LogP contribution in [0, 0.1) is 6.92 Å². The van der Waals surface area contributed by atoms with Crippen molar-refractivity contribution in [3.8, 4) is 0 Å². The van der Waals surface area contributed by atoms with Gasteiger partial charge in [-0.1, -0.05) is 18.2 Å². The molecule has 12 nitrogen and oxygen atoms in total. The minimum absolute atomic E-state index is 0.00920. The molecule has 0 saturated heterocycles. The summed E-state index contributed by atoms with van der Waals surface area (Å²) >= 11 is 0. The lowest BCUT2D eigenvalue weighted by molar-refractivity contribution is 0.319. The number of azo groups is 2. The fraction of sp³-hybridized carbons (Fsp3) is 0.143. The van der Waals surface area contributed by atoms with Crippen molar-refractivity contribution in [3.63, 3.8) is 0 Å². The number of anilines is 2. The summed E-state index contributed by atoms with van der Waals surface area (Å²) < 4.78 is 57.4. The van der Waals surface area contributed by atoms with Crippen molar-refractivity contribution in [1.29, 1.82) is 0 Å². The van der Waals surface area contributed by atoms with Crippen LogP contribution in [-0.2, 0) is 20.0 Å². The summed E-state index contributed by atoms with van der Waals surface area (Å²) in [5.74, 6) is -0.423. The minimum Gasteiger partial charge on any atom is -0.396 e. The van der Waals surface area contributed by atoms with Gasteiger partial charge in [-0.25, -0.2) is 8.42 Å². The van der Waals surface area contributed by atoms with Gasteiger partial charge in [0.15, 0.2) is 9.84 Å². The standard InChI is InChI=1S/C21H22N6O6S2/c1-13-4-2-3-5-16(13)25-27-21-19(22)17(12-18(20(21)23)35(31,32)33)26-24-14-6-8-15(9-7-14)34(29,30)11-10-28/h2-9,12,28H,10-11,22-23H2,1H3,(H,31,32,33)/b26-24+,27-25+. The van der Waals surface area contributed by atoms with Crippen LogP contribution in [0.2, 0.25) is 0 Å². The number of benzene rings is 3. The van der Waals surface area contributed by atoms with Crippen molar-refractivity contribution in [2.45, 2.75) is 16.7 Å².